The molecule has 0 atom stereocenters. The lowest BCUT2D eigenvalue weighted by Gasteiger charge is -2.21. The summed E-state index contributed by atoms with van der Waals surface area (Å²) >= 11 is 0. The summed E-state index contributed by atoms with van der Waals surface area (Å²) in [5.74, 6) is 0.539. The third-order valence-electron chi connectivity index (χ3n) is 11.8. The van der Waals surface area contributed by atoms with Gasteiger partial charge in [0.1, 0.15) is 6.10 Å². The number of carbonyl (C=O) groups is 2. The maximum absolute atomic E-state index is 12.7. The second-order valence-corrected chi connectivity index (χ2v) is 17.4. The number of esters is 2. The number of aliphatic hydroxyl groups is 1. The van der Waals surface area contributed by atoms with E-state index in [4.69, 9.17) is 9.47 Å². The molecule has 0 saturated heterocycles. The van der Waals surface area contributed by atoms with E-state index in [0.29, 0.717) is 25.4 Å². The van der Waals surface area contributed by atoms with Crippen molar-refractivity contribution in [3.63, 3.8) is 0 Å². The first-order chi connectivity index (χ1) is 27.5. The predicted octanol–water partition coefficient (Wildman–Crippen LogP) is 14.9. The van der Waals surface area contributed by atoms with Crippen molar-refractivity contribution in [2.45, 2.75) is 271 Å². The van der Waals surface area contributed by atoms with Gasteiger partial charge in [0.2, 0.25) is 0 Å². The van der Waals surface area contributed by atoms with Gasteiger partial charge in [-0.3, -0.25) is 9.59 Å². The normalized spacial score (nSPS) is 11.7. The van der Waals surface area contributed by atoms with Gasteiger partial charge in [0.25, 0.3) is 0 Å². The molecule has 0 fully saturated rings. The minimum atomic E-state index is 0.0183. The van der Waals surface area contributed by atoms with Gasteiger partial charge in [-0.05, 0) is 83.2 Å². The molecular formula is C50H99NO5. The third-order valence-corrected chi connectivity index (χ3v) is 11.8. The molecule has 334 valence electrons. The number of carbonyl (C=O) groups excluding carboxylic acids is 2. The molecule has 6 heteroatoms. The summed E-state index contributed by atoms with van der Waals surface area (Å²) in [5, 5.41) is 9.61. The average Bonchev–Trinajstić information content (AvgIpc) is 3.19. The van der Waals surface area contributed by atoms with Crippen LogP contribution in [-0.4, -0.2) is 60.9 Å². The smallest absolute Gasteiger partial charge is 0.306 e. The number of nitrogens with zero attached hydrogens (tertiary/aromatic N) is 1. The van der Waals surface area contributed by atoms with Crippen LogP contribution in [0.25, 0.3) is 0 Å². The Morgan fingerprint density at radius 1 is 0.446 bits per heavy atom. The van der Waals surface area contributed by atoms with Crippen molar-refractivity contribution in [1.82, 2.24) is 4.90 Å². The highest BCUT2D eigenvalue weighted by atomic mass is 16.5. The van der Waals surface area contributed by atoms with E-state index in [1.54, 1.807) is 0 Å². The standard InChI is InChI=1S/C50H99NO5/c1-5-9-13-17-22-30-38-48(39-31-23-18-14-10-6-2)56-49(53)40-32-24-21-26-34-42-51(43-44-52)41-33-25-19-20-27-35-45-55-50(54)46-47(36-28-15-11-7-3)37-29-16-12-8-4/h47-48,52H,5-46H2,1-4H3. The number of rotatable bonds is 46. The van der Waals surface area contributed by atoms with Crippen LogP contribution in [0.5, 0.6) is 0 Å². The van der Waals surface area contributed by atoms with Crippen LogP contribution in [0.1, 0.15) is 265 Å². The van der Waals surface area contributed by atoms with Crippen LogP contribution in [0.2, 0.25) is 0 Å². The summed E-state index contributed by atoms with van der Waals surface area (Å²) < 4.78 is 11.7. The fourth-order valence-corrected chi connectivity index (χ4v) is 8.12. The van der Waals surface area contributed by atoms with Gasteiger partial charge in [-0.2, -0.15) is 0 Å². The average molecular weight is 794 g/mol. The Bertz CT molecular complexity index is 778. The lowest BCUT2D eigenvalue weighted by molar-refractivity contribution is -0.150. The maximum Gasteiger partial charge on any atom is 0.306 e. The van der Waals surface area contributed by atoms with Gasteiger partial charge in [-0.15, -0.1) is 0 Å². The highest BCUT2D eigenvalue weighted by Gasteiger charge is 2.16. The summed E-state index contributed by atoms with van der Waals surface area (Å²) in [4.78, 5) is 27.7. The van der Waals surface area contributed by atoms with Crippen LogP contribution in [0.4, 0.5) is 0 Å². The zero-order chi connectivity index (χ0) is 41.0. The molecule has 0 aliphatic heterocycles. The van der Waals surface area contributed by atoms with Crippen molar-refractivity contribution in [1.29, 1.82) is 0 Å². The molecule has 0 aromatic rings. The van der Waals surface area contributed by atoms with Crippen LogP contribution < -0.4 is 0 Å². The summed E-state index contributed by atoms with van der Waals surface area (Å²) in [5.41, 5.74) is 0. The molecule has 0 rings (SSSR count). The maximum atomic E-state index is 12.7. The Hall–Kier alpha value is -1.14. The molecular weight excluding hydrogens is 695 g/mol. The quantitative estimate of drug-likeness (QED) is 0.0489. The molecule has 0 heterocycles. The molecule has 0 saturated carbocycles. The van der Waals surface area contributed by atoms with Gasteiger partial charge >= 0.3 is 11.9 Å². The van der Waals surface area contributed by atoms with Crippen molar-refractivity contribution in [3.05, 3.63) is 0 Å². The molecule has 0 aliphatic rings. The van der Waals surface area contributed by atoms with Crippen molar-refractivity contribution in [2.24, 2.45) is 5.92 Å². The van der Waals surface area contributed by atoms with E-state index >= 15 is 0 Å². The molecule has 0 amide bonds. The van der Waals surface area contributed by atoms with E-state index in [1.165, 1.54) is 173 Å². The topological polar surface area (TPSA) is 76.1 Å². The second kappa shape index (κ2) is 45.0. The Morgan fingerprint density at radius 2 is 0.839 bits per heavy atom. The van der Waals surface area contributed by atoms with Crippen LogP contribution in [0.3, 0.4) is 0 Å². The molecule has 0 aromatic heterocycles. The van der Waals surface area contributed by atoms with Crippen LogP contribution >= 0.6 is 0 Å². The first kappa shape index (κ1) is 54.9. The van der Waals surface area contributed by atoms with E-state index in [0.717, 1.165) is 71.0 Å². The fourth-order valence-electron chi connectivity index (χ4n) is 8.12. The van der Waals surface area contributed by atoms with E-state index in [9.17, 15) is 14.7 Å². The summed E-state index contributed by atoms with van der Waals surface area (Å²) in [7, 11) is 0. The van der Waals surface area contributed by atoms with Crippen molar-refractivity contribution in [2.75, 3.05) is 32.8 Å². The van der Waals surface area contributed by atoms with Crippen LogP contribution in [-0.2, 0) is 19.1 Å². The van der Waals surface area contributed by atoms with Crippen LogP contribution in [0.15, 0.2) is 0 Å². The highest BCUT2D eigenvalue weighted by Crippen LogP contribution is 2.23. The predicted molar refractivity (Wildman–Crippen MR) is 241 cm³/mol. The van der Waals surface area contributed by atoms with E-state index in [2.05, 4.69) is 32.6 Å². The van der Waals surface area contributed by atoms with Crippen molar-refractivity contribution >= 4 is 11.9 Å². The minimum Gasteiger partial charge on any atom is -0.466 e. The van der Waals surface area contributed by atoms with Crippen LogP contribution in [0, 0.1) is 5.92 Å². The second-order valence-electron chi connectivity index (χ2n) is 17.4. The number of unbranched alkanes of at least 4 members (excludes halogenated alkanes) is 25. The Labute approximate surface area is 350 Å². The summed E-state index contributed by atoms with van der Waals surface area (Å²) in [6.07, 6.45) is 43.7. The van der Waals surface area contributed by atoms with E-state index < -0.39 is 0 Å². The van der Waals surface area contributed by atoms with E-state index in [-0.39, 0.29) is 24.6 Å². The van der Waals surface area contributed by atoms with Gasteiger partial charge in [0, 0.05) is 19.4 Å². The zero-order valence-electron chi connectivity index (χ0n) is 38.4. The number of hydrogen-bond acceptors (Lipinski definition) is 6. The van der Waals surface area contributed by atoms with Gasteiger partial charge in [-0.25, -0.2) is 0 Å². The monoisotopic (exact) mass is 794 g/mol. The highest BCUT2D eigenvalue weighted by molar-refractivity contribution is 5.69. The molecule has 56 heavy (non-hydrogen) atoms. The molecule has 6 nitrogen and oxygen atoms in total. The van der Waals surface area contributed by atoms with E-state index in [1.807, 2.05) is 0 Å². The van der Waals surface area contributed by atoms with Crippen molar-refractivity contribution in [3.8, 4) is 0 Å². The lowest BCUT2D eigenvalue weighted by atomic mass is 9.92. The molecule has 1 N–H and O–H groups in total. The number of ether oxygens (including phenoxy) is 2. The molecule has 0 spiro atoms. The third kappa shape index (κ3) is 39.7. The largest absolute Gasteiger partial charge is 0.466 e. The summed E-state index contributed by atoms with van der Waals surface area (Å²) in [6, 6.07) is 0. The fraction of sp³-hybridized carbons (Fsp3) is 0.960. The molecule has 0 bridgehead atoms. The summed E-state index contributed by atoms with van der Waals surface area (Å²) in [6.45, 7) is 12.7. The molecule has 0 aliphatic carbocycles. The Kier molecular flexibility index (Phi) is 44.0. The lowest BCUT2D eigenvalue weighted by Crippen LogP contribution is -2.29. The van der Waals surface area contributed by atoms with Gasteiger partial charge < -0.3 is 19.5 Å². The SMILES string of the molecule is CCCCCCCCC(CCCCCCCC)OC(=O)CCCCCCCN(CCO)CCCCCCCCOC(=O)CC(CCCCCC)CCCCCC. The van der Waals surface area contributed by atoms with Gasteiger partial charge in [-0.1, -0.05) is 188 Å². The molecule has 0 radical (unpaired) electrons. The molecule has 0 aromatic carbocycles. The number of hydrogen-bond donors (Lipinski definition) is 1. The zero-order valence-corrected chi connectivity index (χ0v) is 38.4. The first-order valence-corrected chi connectivity index (χ1v) is 25.2. The Morgan fingerprint density at radius 3 is 1.32 bits per heavy atom. The number of aliphatic hydroxyl groups excluding tert-OH is 1. The Balaban J connectivity index is 4.08. The van der Waals surface area contributed by atoms with Crippen molar-refractivity contribution < 1.29 is 24.2 Å². The minimum absolute atomic E-state index is 0.0183. The van der Waals surface area contributed by atoms with Gasteiger partial charge in [0.15, 0.2) is 0 Å². The molecule has 0 unspecified atom stereocenters. The van der Waals surface area contributed by atoms with Gasteiger partial charge in [0.05, 0.1) is 13.2 Å². The first-order valence-electron chi connectivity index (χ1n) is 25.2.